The van der Waals surface area contributed by atoms with E-state index in [-0.39, 0.29) is 5.82 Å². The Morgan fingerprint density at radius 1 is 1.14 bits per heavy atom. The number of hydrogen-bond donors (Lipinski definition) is 1. The van der Waals surface area contributed by atoms with E-state index < -0.39 is 0 Å². The summed E-state index contributed by atoms with van der Waals surface area (Å²) in [4.78, 5) is 4.36. The van der Waals surface area contributed by atoms with E-state index in [9.17, 15) is 9.65 Å². The van der Waals surface area contributed by atoms with Crippen LogP contribution in [0.3, 0.4) is 0 Å². The minimum Gasteiger partial charge on any atom is -0.258 e. The molecule has 0 fully saturated rings. The predicted molar refractivity (Wildman–Crippen MR) is 104 cm³/mol. The molecule has 0 atom stereocenters. The van der Waals surface area contributed by atoms with Gasteiger partial charge in [0, 0.05) is 5.75 Å². The molecule has 0 unspecified atom stereocenters. The molecule has 138 valence electrons. The minimum absolute atomic E-state index is 0.361. The molecular formula is C20H15FN6S. The largest absolute Gasteiger partial charge is 0.258 e. The van der Waals surface area contributed by atoms with E-state index in [0.717, 1.165) is 11.4 Å². The maximum absolute atomic E-state index is 13.9. The van der Waals surface area contributed by atoms with Crippen molar-refractivity contribution in [2.24, 2.45) is 0 Å². The van der Waals surface area contributed by atoms with E-state index >= 15 is 0 Å². The van der Waals surface area contributed by atoms with Crippen molar-refractivity contribution < 1.29 is 4.39 Å². The van der Waals surface area contributed by atoms with Gasteiger partial charge in [-0.3, -0.25) is 5.10 Å². The number of H-pyrrole nitrogens is 1. The Kier molecular flexibility index (Phi) is 4.91. The van der Waals surface area contributed by atoms with Crippen molar-refractivity contribution in [3.05, 3.63) is 77.4 Å². The van der Waals surface area contributed by atoms with Crippen LogP contribution in [-0.2, 0) is 5.75 Å². The summed E-state index contributed by atoms with van der Waals surface area (Å²) in [6.07, 6.45) is 0. The van der Waals surface area contributed by atoms with Crippen LogP contribution in [0.15, 0.2) is 59.8 Å². The molecule has 2 aromatic heterocycles. The first-order chi connectivity index (χ1) is 13.7. The topological polar surface area (TPSA) is 83.2 Å². The first kappa shape index (κ1) is 17.9. The lowest BCUT2D eigenvalue weighted by atomic mass is 10.2. The van der Waals surface area contributed by atoms with Crippen LogP contribution in [0.25, 0.3) is 17.1 Å². The first-order valence-corrected chi connectivity index (χ1v) is 9.50. The highest BCUT2D eigenvalue weighted by Crippen LogP contribution is 2.27. The van der Waals surface area contributed by atoms with Crippen LogP contribution >= 0.6 is 11.8 Å². The van der Waals surface area contributed by atoms with Crippen molar-refractivity contribution in [3.63, 3.8) is 0 Å². The van der Waals surface area contributed by atoms with Crippen LogP contribution < -0.4 is 0 Å². The quantitative estimate of drug-likeness (QED) is 0.515. The number of aryl methyl sites for hydroxylation is 1. The SMILES string of the molecule is Cc1nn(-c2ccccc2)c(CSc2n[nH]c(-c3ccccc3F)n2)c1C#N. The van der Waals surface area contributed by atoms with Gasteiger partial charge in [0.25, 0.3) is 0 Å². The Hall–Kier alpha value is -3.44. The lowest BCUT2D eigenvalue weighted by Gasteiger charge is -2.06. The molecule has 0 spiro atoms. The molecule has 4 aromatic rings. The van der Waals surface area contributed by atoms with Gasteiger partial charge in [-0.1, -0.05) is 42.1 Å². The van der Waals surface area contributed by atoms with Gasteiger partial charge in [0.2, 0.25) is 5.16 Å². The fourth-order valence-corrected chi connectivity index (χ4v) is 3.65. The molecular weight excluding hydrogens is 375 g/mol. The summed E-state index contributed by atoms with van der Waals surface area (Å²) in [5.74, 6) is 0.460. The fraction of sp³-hybridized carbons (Fsp3) is 0.100. The molecule has 0 radical (unpaired) electrons. The average molecular weight is 390 g/mol. The molecule has 0 amide bonds. The Balaban J connectivity index is 1.61. The number of halogens is 1. The highest BCUT2D eigenvalue weighted by atomic mass is 32.2. The highest BCUT2D eigenvalue weighted by Gasteiger charge is 2.18. The molecule has 0 bridgehead atoms. The fourth-order valence-electron chi connectivity index (χ4n) is 2.85. The van der Waals surface area contributed by atoms with Gasteiger partial charge in [-0.2, -0.15) is 10.4 Å². The molecule has 0 aliphatic carbocycles. The summed E-state index contributed by atoms with van der Waals surface area (Å²) >= 11 is 1.36. The van der Waals surface area contributed by atoms with Crippen molar-refractivity contribution in [3.8, 4) is 23.1 Å². The molecule has 8 heteroatoms. The first-order valence-electron chi connectivity index (χ1n) is 8.51. The number of rotatable bonds is 5. The highest BCUT2D eigenvalue weighted by molar-refractivity contribution is 7.98. The van der Waals surface area contributed by atoms with Crippen molar-refractivity contribution in [1.82, 2.24) is 25.0 Å². The zero-order valence-electron chi connectivity index (χ0n) is 14.9. The van der Waals surface area contributed by atoms with Gasteiger partial charge in [-0.25, -0.2) is 14.1 Å². The molecule has 2 heterocycles. The summed E-state index contributed by atoms with van der Waals surface area (Å²) in [7, 11) is 0. The number of nitriles is 1. The number of hydrogen-bond acceptors (Lipinski definition) is 5. The van der Waals surface area contributed by atoms with E-state index in [1.165, 1.54) is 17.8 Å². The number of aromatic amines is 1. The van der Waals surface area contributed by atoms with Gasteiger partial charge in [0.15, 0.2) is 5.82 Å². The van der Waals surface area contributed by atoms with Gasteiger partial charge in [0.05, 0.1) is 28.2 Å². The van der Waals surface area contributed by atoms with Gasteiger partial charge >= 0.3 is 0 Å². The van der Waals surface area contributed by atoms with E-state index in [2.05, 4.69) is 26.3 Å². The van der Waals surface area contributed by atoms with E-state index in [1.54, 1.807) is 22.9 Å². The summed E-state index contributed by atoms with van der Waals surface area (Å²) in [6.45, 7) is 1.81. The van der Waals surface area contributed by atoms with Crippen molar-refractivity contribution in [2.75, 3.05) is 0 Å². The van der Waals surface area contributed by atoms with Crippen molar-refractivity contribution in [1.29, 1.82) is 5.26 Å². The van der Waals surface area contributed by atoms with Gasteiger partial charge < -0.3 is 0 Å². The number of aromatic nitrogens is 5. The summed E-state index contributed by atoms with van der Waals surface area (Å²) in [6, 6.07) is 18.3. The second kappa shape index (κ2) is 7.66. The number of nitrogens with zero attached hydrogens (tertiary/aromatic N) is 5. The van der Waals surface area contributed by atoms with Crippen molar-refractivity contribution in [2.45, 2.75) is 17.8 Å². The Bertz CT molecular complexity index is 1160. The van der Waals surface area contributed by atoms with Crippen LogP contribution in [0.1, 0.15) is 17.0 Å². The maximum atomic E-state index is 13.9. The van der Waals surface area contributed by atoms with Gasteiger partial charge in [0.1, 0.15) is 11.9 Å². The number of thioether (sulfide) groups is 1. The Morgan fingerprint density at radius 2 is 1.89 bits per heavy atom. The normalized spacial score (nSPS) is 10.8. The lowest BCUT2D eigenvalue weighted by molar-refractivity contribution is 0.630. The third-order valence-electron chi connectivity index (χ3n) is 4.20. The molecule has 6 nitrogen and oxygen atoms in total. The average Bonchev–Trinajstić information content (AvgIpc) is 3.31. The van der Waals surface area contributed by atoms with Gasteiger partial charge in [-0.15, -0.1) is 5.10 Å². The van der Waals surface area contributed by atoms with E-state index in [4.69, 9.17) is 0 Å². The third-order valence-corrected chi connectivity index (χ3v) is 5.06. The standard InChI is InChI=1S/C20H15FN6S/c1-13-16(11-22)18(27(26-13)14-7-3-2-4-8-14)12-28-20-23-19(24-25-20)15-9-5-6-10-17(15)21/h2-10H,12H2,1H3,(H,23,24,25). The minimum atomic E-state index is -0.361. The second-order valence-corrected chi connectivity index (χ2v) is 6.94. The summed E-state index contributed by atoms with van der Waals surface area (Å²) in [5.41, 5.74) is 3.23. The summed E-state index contributed by atoms with van der Waals surface area (Å²) in [5, 5.41) is 21.5. The smallest absolute Gasteiger partial charge is 0.209 e. The number of para-hydroxylation sites is 1. The number of benzene rings is 2. The monoisotopic (exact) mass is 390 g/mol. The van der Waals surface area contributed by atoms with E-state index in [0.29, 0.717) is 33.6 Å². The second-order valence-electron chi connectivity index (χ2n) is 6.00. The van der Waals surface area contributed by atoms with Crippen LogP contribution in [-0.4, -0.2) is 25.0 Å². The molecule has 0 saturated heterocycles. The molecule has 2 aromatic carbocycles. The van der Waals surface area contributed by atoms with Crippen LogP contribution in [0.4, 0.5) is 4.39 Å². The van der Waals surface area contributed by atoms with Crippen LogP contribution in [0.5, 0.6) is 0 Å². The predicted octanol–water partition coefficient (Wildman–Crippen LogP) is 4.27. The zero-order chi connectivity index (χ0) is 19.5. The molecule has 1 N–H and O–H groups in total. The lowest BCUT2D eigenvalue weighted by Crippen LogP contribution is -2.02. The van der Waals surface area contributed by atoms with E-state index in [1.807, 2.05) is 37.3 Å². The maximum Gasteiger partial charge on any atom is 0.209 e. The van der Waals surface area contributed by atoms with Crippen LogP contribution in [0.2, 0.25) is 0 Å². The Labute approximate surface area is 165 Å². The third kappa shape index (κ3) is 3.40. The molecule has 0 aliphatic rings. The number of nitrogens with one attached hydrogen (secondary N) is 1. The Morgan fingerprint density at radius 3 is 2.64 bits per heavy atom. The molecule has 0 saturated carbocycles. The molecule has 28 heavy (non-hydrogen) atoms. The van der Waals surface area contributed by atoms with Crippen molar-refractivity contribution >= 4 is 11.8 Å². The molecule has 0 aliphatic heterocycles. The summed E-state index contributed by atoms with van der Waals surface area (Å²) < 4.78 is 15.7. The zero-order valence-corrected chi connectivity index (χ0v) is 15.7. The van der Waals surface area contributed by atoms with Gasteiger partial charge in [-0.05, 0) is 31.2 Å². The molecule has 4 rings (SSSR count). The van der Waals surface area contributed by atoms with Crippen LogP contribution in [0, 0.1) is 24.1 Å².